The number of carbonyl (C=O) groups excluding carboxylic acids is 1. The first-order valence-corrected chi connectivity index (χ1v) is 8.86. The summed E-state index contributed by atoms with van der Waals surface area (Å²) >= 11 is 0. The standard InChI is InChI=1S/C18H36N2O2/c1-7-8-10-15(2)19-13-18(6)11-9-12-20(14-18)16(21)22-17(3,4)5/h15,19H,7-14H2,1-6H3. The summed E-state index contributed by atoms with van der Waals surface area (Å²) in [6.07, 6.45) is 5.80. The molecule has 1 fully saturated rings. The second kappa shape index (κ2) is 8.19. The largest absolute Gasteiger partial charge is 0.444 e. The molecule has 0 bridgehead atoms. The van der Waals surface area contributed by atoms with Crippen LogP contribution < -0.4 is 5.32 Å². The number of likely N-dealkylation sites (tertiary alicyclic amines) is 1. The number of hydrogen-bond acceptors (Lipinski definition) is 3. The smallest absolute Gasteiger partial charge is 0.410 e. The van der Waals surface area contributed by atoms with E-state index in [-0.39, 0.29) is 11.5 Å². The summed E-state index contributed by atoms with van der Waals surface area (Å²) in [6, 6.07) is 0.550. The average molecular weight is 312 g/mol. The third-order valence-electron chi connectivity index (χ3n) is 4.30. The Hall–Kier alpha value is -0.770. The Morgan fingerprint density at radius 1 is 1.41 bits per heavy atom. The van der Waals surface area contributed by atoms with E-state index in [0.717, 1.165) is 26.1 Å². The van der Waals surface area contributed by atoms with Crippen molar-refractivity contribution < 1.29 is 9.53 Å². The van der Waals surface area contributed by atoms with Crippen molar-refractivity contribution >= 4 is 6.09 Å². The highest BCUT2D eigenvalue weighted by Gasteiger charge is 2.34. The molecule has 0 radical (unpaired) electrons. The van der Waals surface area contributed by atoms with E-state index in [1.807, 2.05) is 25.7 Å². The molecular formula is C18H36N2O2. The lowest BCUT2D eigenvalue weighted by molar-refractivity contribution is 0.00651. The van der Waals surface area contributed by atoms with Gasteiger partial charge in [-0.2, -0.15) is 0 Å². The van der Waals surface area contributed by atoms with Crippen molar-refractivity contribution in [1.29, 1.82) is 0 Å². The second-order valence-corrected chi connectivity index (χ2v) is 8.24. The third kappa shape index (κ3) is 6.99. The summed E-state index contributed by atoms with van der Waals surface area (Å²) in [5.74, 6) is 0. The number of hydrogen-bond donors (Lipinski definition) is 1. The molecule has 0 aliphatic carbocycles. The molecule has 130 valence electrons. The molecule has 0 spiro atoms. The van der Waals surface area contributed by atoms with Crippen molar-refractivity contribution in [2.75, 3.05) is 19.6 Å². The van der Waals surface area contributed by atoms with Gasteiger partial charge in [0.2, 0.25) is 0 Å². The van der Waals surface area contributed by atoms with Gasteiger partial charge in [-0.1, -0.05) is 26.7 Å². The fourth-order valence-corrected chi connectivity index (χ4v) is 2.98. The molecule has 1 saturated heterocycles. The molecule has 1 amide bonds. The average Bonchev–Trinajstić information content (AvgIpc) is 2.41. The lowest BCUT2D eigenvalue weighted by Gasteiger charge is -2.41. The molecule has 0 aromatic carbocycles. The molecule has 1 N–H and O–H groups in total. The van der Waals surface area contributed by atoms with E-state index in [9.17, 15) is 4.79 Å². The molecule has 2 atom stereocenters. The Bertz CT molecular complexity index is 351. The Labute approximate surface area is 137 Å². The SMILES string of the molecule is CCCCC(C)NCC1(C)CCCN(C(=O)OC(C)(C)C)C1. The van der Waals surface area contributed by atoms with Crippen molar-refractivity contribution in [3.05, 3.63) is 0 Å². The molecule has 1 aliphatic rings. The predicted molar refractivity (Wildman–Crippen MR) is 92.1 cm³/mol. The Balaban J connectivity index is 2.48. The van der Waals surface area contributed by atoms with E-state index in [1.165, 1.54) is 25.7 Å². The highest BCUT2D eigenvalue weighted by atomic mass is 16.6. The number of nitrogens with zero attached hydrogens (tertiary/aromatic N) is 1. The normalized spacial score (nSPS) is 24.2. The molecule has 1 aliphatic heterocycles. The summed E-state index contributed by atoms with van der Waals surface area (Å²) in [4.78, 5) is 14.1. The van der Waals surface area contributed by atoms with E-state index in [0.29, 0.717) is 6.04 Å². The van der Waals surface area contributed by atoms with Gasteiger partial charge in [0.05, 0.1) is 0 Å². The van der Waals surface area contributed by atoms with Gasteiger partial charge in [0, 0.05) is 25.7 Å². The molecule has 4 nitrogen and oxygen atoms in total. The van der Waals surface area contributed by atoms with Crippen molar-refractivity contribution in [2.24, 2.45) is 5.41 Å². The van der Waals surface area contributed by atoms with Gasteiger partial charge in [-0.05, 0) is 52.4 Å². The zero-order valence-corrected chi connectivity index (χ0v) is 15.5. The lowest BCUT2D eigenvalue weighted by Crippen LogP contribution is -2.51. The number of nitrogens with one attached hydrogen (secondary N) is 1. The molecule has 4 heteroatoms. The molecule has 22 heavy (non-hydrogen) atoms. The molecule has 1 heterocycles. The molecule has 0 aromatic rings. The molecule has 0 aromatic heterocycles. The van der Waals surface area contributed by atoms with E-state index in [4.69, 9.17) is 4.74 Å². The Morgan fingerprint density at radius 3 is 2.68 bits per heavy atom. The number of rotatable bonds is 6. The number of unbranched alkanes of at least 4 members (excludes halogenated alkanes) is 1. The van der Waals surface area contributed by atoms with Gasteiger partial charge < -0.3 is 15.0 Å². The summed E-state index contributed by atoms with van der Waals surface area (Å²) in [7, 11) is 0. The Kier molecular flexibility index (Phi) is 7.17. The van der Waals surface area contributed by atoms with Crippen molar-refractivity contribution in [2.45, 2.75) is 85.3 Å². The predicted octanol–water partition coefficient (Wildman–Crippen LogP) is 4.19. The maximum absolute atomic E-state index is 12.3. The third-order valence-corrected chi connectivity index (χ3v) is 4.30. The van der Waals surface area contributed by atoms with Gasteiger partial charge in [0.1, 0.15) is 5.60 Å². The van der Waals surface area contributed by atoms with Crippen molar-refractivity contribution in [3.8, 4) is 0 Å². The molecule has 2 unspecified atom stereocenters. The van der Waals surface area contributed by atoms with Gasteiger partial charge >= 0.3 is 6.09 Å². The van der Waals surface area contributed by atoms with Gasteiger partial charge in [-0.3, -0.25) is 0 Å². The second-order valence-electron chi connectivity index (χ2n) is 8.24. The quantitative estimate of drug-likeness (QED) is 0.799. The first-order valence-electron chi connectivity index (χ1n) is 8.86. The highest BCUT2D eigenvalue weighted by Crippen LogP contribution is 2.30. The van der Waals surface area contributed by atoms with E-state index in [1.54, 1.807) is 0 Å². The van der Waals surface area contributed by atoms with Crippen LogP contribution in [0.5, 0.6) is 0 Å². The van der Waals surface area contributed by atoms with Gasteiger partial charge in [-0.25, -0.2) is 4.79 Å². The maximum atomic E-state index is 12.3. The molecular weight excluding hydrogens is 276 g/mol. The van der Waals surface area contributed by atoms with Crippen LogP contribution in [0.1, 0.15) is 73.6 Å². The molecule has 0 saturated carbocycles. The summed E-state index contributed by atoms with van der Waals surface area (Å²) in [5, 5.41) is 3.66. The zero-order valence-electron chi connectivity index (χ0n) is 15.5. The minimum atomic E-state index is -0.419. The van der Waals surface area contributed by atoms with Crippen LogP contribution in [0.15, 0.2) is 0 Å². The minimum absolute atomic E-state index is 0.148. The number of amides is 1. The van der Waals surface area contributed by atoms with Gasteiger partial charge in [0.25, 0.3) is 0 Å². The zero-order chi connectivity index (χ0) is 16.8. The van der Waals surface area contributed by atoms with Crippen LogP contribution in [0.3, 0.4) is 0 Å². The van der Waals surface area contributed by atoms with E-state index < -0.39 is 5.60 Å². The van der Waals surface area contributed by atoms with Crippen LogP contribution in [0.4, 0.5) is 4.79 Å². The highest BCUT2D eigenvalue weighted by molar-refractivity contribution is 5.68. The summed E-state index contributed by atoms with van der Waals surface area (Å²) < 4.78 is 5.52. The van der Waals surface area contributed by atoms with Crippen molar-refractivity contribution in [3.63, 3.8) is 0 Å². The van der Waals surface area contributed by atoms with Crippen LogP contribution >= 0.6 is 0 Å². The summed E-state index contributed by atoms with van der Waals surface area (Å²) in [6.45, 7) is 15.1. The summed E-state index contributed by atoms with van der Waals surface area (Å²) in [5.41, 5.74) is -0.270. The van der Waals surface area contributed by atoms with E-state index in [2.05, 4.69) is 26.1 Å². The number of carbonyl (C=O) groups is 1. The molecule has 1 rings (SSSR count). The lowest BCUT2D eigenvalue weighted by atomic mass is 9.81. The maximum Gasteiger partial charge on any atom is 0.410 e. The fourth-order valence-electron chi connectivity index (χ4n) is 2.98. The van der Waals surface area contributed by atoms with E-state index >= 15 is 0 Å². The number of piperidine rings is 1. The van der Waals surface area contributed by atoms with Gasteiger partial charge in [0.15, 0.2) is 0 Å². The van der Waals surface area contributed by atoms with Crippen LogP contribution in [-0.4, -0.2) is 42.3 Å². The van der Waals surface area contributed by atoms with Gasteiger partial charge in [-0.15, -0.1) is 0 Å². The first-order chi connectivity index (χ1) is 10.2. The van der Waals surface area contributed by atoms with Crippen molar-refractivity contribution in [1.82, 2.24) is 10.2 Å². The van der Waals surface area contributed by atoms with Crippen LogP contribution in [-0.2, 0) is 4.74 Å². The van der Waals surface area contributed by atoms with Crippen LogP contribution in [0.2, 0.25) is 0 Å². The Morgan fingerprint density at radius 2 is 2.09 bits per heavy atom. The van der Waals surface area contributed by atoms with Crippen LogP contribution in [0, 0.1) is 5.41 Å². The topological polar surface area (TPSA) is 41.6 Å². The minimum Gasteiger partial charge on any atom is -0.444 e. The number of ether oxygens (including phenoxy) is 1. The first kappa shape index (κ1) is 19.3. The monoisotopic (exact) mass is 312 g/mol. The fraction of sp³-hybridized carbons (Fsp3) is 0.944. The van der Waals surface area contributed by atoms with Crippen LogP contribution in [0.25, 0.3) is 0 Å².